The van der Waals surface area contributed by atoms with Gasteiger partial charge in [-0.1, -0.05) is 25.1 Å². The molecule has 0 aliphatic rings. The first kappa shape index (κ1) is 14.0. The second kappa shape index (κ2) is 6.64. The van der Waals surface area contributed by atoms with Crippen LogP contribution in [0.2, 0.25) is 0 Å². The first-order valence-electron chi connectivity index (χ1n) is 5.81. The van der Waals surface area contributed by atoms with Crippen molar-refractivity contribution in [2.45, 2.75) is 13.3 Å². The molecular weight excluding hydrogens is 232 g/mol. The van der Waals surface area contributed by atoms with Gasteiger partial charge in [0.05, 0.1) is 5.92 Å². The summed E-state index contributed by atoms with van der Waals surface area (Å²) in [7, 11) is 1.67. The summed E-state index contributed by atoms with van der Waals surface area (Å²) in [6.07, 6.45) is 0.420. The number of anilines is 1. The molecule has 1 aromatic rings. The third-order valence-electron chi connectivity index (χ3n) is 2.72. The van der Waals surface area contributed by atoms with Crippen molar-refractivity contribution in [3.05, 3.63) is 30.3 Å². The van der Waals surface area contributed by atoms with Crippen molar-refractivity contribution in [3.8, 4) is 0 Å². The standard InChI is InChI=1S/C13H18N2O3/c1-10(12(16)17)8-9-14-13(18)15(2)11-6-4-3-5-7-11/h3-7,10H,8-9H2,1-2H3,(H,14,18)(H,16,17). The van der Waals surface area contributed by atoms with Crippen molar-refractivity contribution < 1.29 is 14.7 Å². The van der Waals surface area contributed by atoms with Gasteiger partial charge in [0, 0.05) is 19.3 Å². The van der Waals surface area contributed by atoms with Gasteiger partial charge in [-0.05, 0) is 18.6 Å². The number of amides is 2. The number of carbonyl (C=O) groups excluding carboxylic acids is 1. The predicted molar refractivity (Wildman–Crippen MR) is 69.7 cm³/mol. The molecule has 5 heteroatoms. The summed E-state index contributed by atoms with van der Waals surface area (Å²) in [6.45, 7) is 1.97. The normalized spacial score (nSPS) is 11.7. The van der Waals surface area contributed by atoms with Crippen molar-refractivity contribution in [2.75, 3.05) is 18.5 Å². The molecule has 2 amide bonds. The molecule has 0 aliphatic carbocycles. The first-order valence-corrected chi connectivity index (χ1v) is 5.81. The molecule has 1 rings (SSSR count). The van der Waals surface area contributed by atoms with E-state index in [0.717, 1.165) is 5.69 Å². The third-order valence-corrected chi connectivity index (χ3v) is 2.72. The van der Waals surface area contributed by atoms with E-state index in [0.29, 0.717) is 13.0 Å². The van der Waals surface area contributed by atoms with Crippen LogP contribution < -0.4 is 10.2 Å². The molecule has 0 fully saturated rings. The number of urea groups is 1. The molecule has 5 nitrogen and oxygen atoms in total. The molecule has 1 unspecified atom stereocenters. The van der Waals surface area contributed by atoms with E-state index in [1.807, 2.05) is 30.3 Å². The van der Waals surface area contributed by atoms with E-state index in [-0.39, 0.29) is 6.03 Å². The Morgan fingerprint density at radius 2 is 1.94 bits per heavy atom. The SMILES string of the molecule is CC(CCNC(=O)N(C)c1ccccc1)C(=O)O. The van der Waals surface area contributed by atoms with Gasteiger partial charge in [0.1, 0.15) is 0 Å². The van der Waals surface area contributed by atoms with Crippen LogP contribution in [0.4, 0.5) is 10.5 Å². The van der Waals surface area contributed by atoms with Gasteiger partial charge in [-0.2, -0.15) is 0 Å². The molecule has 18 heavy (non-hydrogen) atoms. The minimum Gasteiger partial charge on any atom is -0.481 e. The lowest BCUT2D eigenvalue weighted by molar-refractivity contribution is -0.141. The molecule has 0 aliphatic heterocycles. The van der Waals surface area contributed by atoms with Crippen LogP contribution in [0.1, 0.15) is 13.3 Å². The molecule has 2 N–H and O–H groups in total. The van der Waals surface area contributed by atoms with E-state index in [1.165, 1.54) is 4.90 Å². The summed E-state index contributed by atoms with van der Waals surface area (Å²) in [5.41, 5.74) is 0.793. The second-order valence-electron chi connectivity index (χ2n) is 4.15. The largest absolute Gasteiger partial charge is 0.481 e. The predicted octanol–water partition coefficient (Wildman–Crippen LogP) is 1.94. The van der Waals surface area contributed by atoms with Crippen LogP contribution in [0.3, 0.4) is 0 Å². The van der Waals surface area contributed by atoms with Crippen LogP contribution in [0, 0.1) is 5.92 Å². The van der Waals surface area contributed by atoms with E-state index in [9.17, 15) is 9.59 Å². The number of rotatable bonds is 5. The molecule has 0 radical (unpaired) electrons. The van der Waals surface area contributed by atoms with Crippen LogP contribution in [0.15, 0.2) is 30.3 Å². The van der Waals surface area contributed by atoms with Crippen molar-refractivity contribution in [1.82, 2.24) is 5.32 Å². The number of para-hydroxylation sites is 1. The van der Waals surface area contributed by atoms with E-state index in [1.54, 1.807) is 14.0 Å². The van der Waals surface area contributed by atoms with Crippen LogP contribution in [0.25, 0.3) is 0 Å². The molecule has 1 atom stereocenters. The van der Waals surface area contributed by atoms with Gasteiger partial charge in [0.15, 0.2) is 0 Å². The number of carboxylic acids is 1. The lowest BCUT2D eigenvalue weighted by atomic mass is 10.1. The van der Waals surface area contributed by atoms with Gasteiger partial charge in [-0.15, -0.1) is 0 Å². The lowest BCUT2D eigenvalue weighted by Gasteiger charge is -2.18. The molecule has 0 aromatic heterocycles. The topological polar surface area (TPSA) is 69.6 Å². The fourth-order valence-electron chi connectivity index (χ4n) is 1.41. The van der Waals surface area contributed by atoms with Gasteiger partial charge < -0.3 is 10.4 Å². The molecule has 0 spiro atoms. The fourth-order valence-corrected chi connectivity index (χ4v) is 1.41. The highest BCUT2D eigenvalue weighted by Gasteiger charge is 2.13. The highest BCUT2D eigenvalue weighted by Crippen LogP contribution is 2.10. The van der Waals surface area contributed by atoms with Gasteiger partial charge in [0.25, 0.3) is 0 Å². The number of carbonyl (C=O) groups is 2. The number of benzene rings is 1. The highest BCUT2D eigenvalue weighted by atomic mass is 16.4. The molecule has 0 saturated carbocycles. The summed E-state index contributed by atoms with van der Waals surface area (Å²) in [5, 5.41) is 11.4. The Morgan fingerprint density at radius 3 is 2.50 bits per heavy atom. The van der Waals surface area contributed by atoms with E-state index < -0.39 is 11.9 Å². The van der Waals surface area contributed by atoms with Crippen LogP contribution in [-0.2, 0) is 4.79 Å². The van der Waals surface area contributed by atoms with Gasteiger partial charge in [-0.25, -0.2) is 4.79 Å². The minimum absolute atomic E-state index is 0.237. The van der Waals surface area contributed by atoms with E-state index >= 15 is 0 Å². The maximum atomic E-state index is 11.8. The quantitative estimate of drug-likeness (QED) is 0.839. The average Bonchev–Trinajstić information content (AvgIpc) is 2.38. The second-order valence-corrected chi connectivity index (χ2v) is 4.15. The van der Waals surface area contributed by atoms with Crippen LogP contribution in [-0.4, -0.2) is 30.7 Å². The zero-order valence-corrected chi connectivity index (χ0v) is 10.6. The Morgan fingerprint density at radius 1 is 1.33 bits per heavy atom. The van der Waals surface area contributed by atoms with E-state index in [4.69, 9.17) is 5.11 Å². The average molecular weight is 250 g/mol. The highest BCUT2D eigenvalue weighted by molar-refractivity contribution is 5.91. The molecule has 0 saturated heterocycles. The Bertz CT molecular complexity index is 406. The number of aliphatic carboxylic acids is 1. The van der Waals surface area contributed by atoms with Gasteiger partial charge in [-0.3, -0.25) is 9.69 Å². The number of hydrogen-bond donors (Lipinski definition) is 2. The summed E-state index contributed by atoms with van der Waals surface area (Å²) in [6, 6.07) is 9.01. The van der Waals surface area contributed by atoms with Crippen molar-refractivity contribution >= 4 is 17.7 Å². The Balaban J connectivity index is 2.40. The first-order chi connectivity index (χ1) is 8.52. The molecular formula is C13H18N2O3. The number of nitrogens with one attached hydrogen (secondary N) is 1. The smallest absolute Gasteiger partial charge is 0.321 e. The Labute approximate surface area is 106 Å². The summed E-state index contributed by atoms with van der Waals surface area (Å²) >= 11 is 0. The van der Waals surface area contributed by atoms with Gasteiger partial charge in [0.2, 0.25) is 0 Å². The van der Waals surface area contributed by atoms with E-state index in [2.05, 4.69) is 5.32 Å². The Kier molecular flexibility index (Phi) is 5.17. The fraction of sp³-hybridized carbons (Fsp3) is 0.385. The molecule has 1 aromatic carbocycles. The maximum absolute atomic E-state index is 11.8. The Hall–Kier alpha value is -2.04. The zero-order valence-electron chi connectivity index (χ0n) is 10.6. The van der Waals surface area contributed by atoms with Crippen molar-refractivity contribution in [2.24, 2.45) is 5.92 Å². The molecule has 0 bridgehead atoms. The molecule has 98 valence electrons. The van der Waals surface area contributed by atoms with Crippen LogP contribution >= 0.6 is 0 Å². The summed E-state index contributed by atoms with van der Waals surface area (Å²) < 4.78 is 0. The zero-order chi connectivity index (χ0) is 13.5. The van der Waals surface area contributed by atoms with Crippen molar-refractivity contribution in [3.63, 3.8) is 0 Å². The molecule has 0 heterocycles. The summed E-state index contributed by atoms with van der Waals surface area (Å²) in [5.74, 6) is -1.30. The van der Waals surface area contributed by atoms with Gasteiger partial charge >= 0.3 is 12.0 Å². The minimum atomic E-state index is -0.847. The number of nitrogens with zero attached hydrogens (tertiary/aromatic N) is 1. The third kappa shape index (κ3) is 4.08. The van der Waals surface area contributed by atoms with Crippen LogP contribution in [0.5, 0.6) is 0 Å². The summed E-state index contributed by atoms with van der Waals surface area (Å²) in [4.78, 5) is 23.9. The number of carboxylic acid groups (broad SMARTS) is 1. The lowest BCUT2D eigenvalue weighted by Crippen LogP contribution is -2.38. The maximum Gasteiger partial charge on any atom is 0.321 e. The van der Waals surface area contributed by atoms with Crippen molar-refractivity contribution in [1.29, 1.82) is 0 Å². The number of hydrogen-bond acceptors (Lipinski definition) is 2. The monoisotopic (exact) mass is 250 g/mol.